The van der Waals surface area contributed by atoms with E-state index in [0.29, 0.717) is 29.7 Å². The number of carbonyl (C=O) groups is 1. The summed E-state index contributed by atoms with van der Waals surface area (Å²) in [6.45, 7) is 3.94. The van der Waals surface area contributed by atoms with Crippen LogP contribution in [0.3, 0.4) is 0 Å². The molecule has 6 heteroatoms. The lowest BCUT2D eigenvalue weighted by atomic mass is 9.87. The molecule has 32 heavy (non-hydrogen) atoms. The Bertz CT molecular complexity index is 1180. The van der Waals surface area contributed by atoms with E-state index in [1.165, 1.54) is 0 Å². The van der Waals surface area contributed by atoms with E-state index in [1.807, 2.05) is 38.1 Å². The Kier molecular flexibility index (Phi) is 6.30. The molecule has 0 atom stereocenters. The minimum Gasteiger partial charge on any atom is -0.439 e. The highest BCUT2D eigenvalue weighted by molar-refractivity contribution is 6.08. The third-order valence-corrected chi connectivity index (χ3v) is 5.48. The summed E-state index contributed by atoms with van der Waals surface area (Å²) in [4.78, 5) is 24.5. The number of carbonyl (C=O) groups excluding carboxylic acids is 1. The summed E-state index contributed by atoms with van der Waals surface area (Å²) in [7, 11) is 0. The van der Waals surface area contributed by atoms with Crippen LogP contribution in [-0.4, -0.2) is 20.7 Å². The number of H-pyrrole nitrogens is 1. The molecule has 2 aromatic heterocycles. The predicted octanol–water partition coefficient (Wildman–Crippen LogP) is 6.75. The molecule has 0 amide bonds. The molecule has 0 unspecified atom stereocenters. The number of nitrogens with zero attached hydrogens (tertiary/aromatic N) is 2. The molecule has 0 spiro atoms. The summed E-state index contributed by atoms with van der Waals surface area (Å²) in [6, 6.07) is 17.7. The van der Waals surface area contributed by atoms with E-state index < -0.39 is 5.67 Å². The van der Waals surface area contributed by atoms with Crippen LogP contribution in [0.2, 0.25) is 0 Å². The van der Waals surface area contributed by atoms with Gasteiger partial charge in [0.25, 0.3) is 0 Å². The highest BCUT2D eigenvalue weighted by atomic mass is 19.1. The Morgan fingerprint density at radius 3 is 2.41 bits per heavy atom. The van der Waals surface area contributed by atoms with Crippen LogP contribution in [-0.2, 0) is 5.67 Å². The molecule has 0 radical (unpaired) electrons. The molecule has 0 saturated heterocycles. The summed E-state index contributed by atoms with van der Waals surface area (Å²) in [6.07, 6.45) is 3.87. The predicted molar refractivity (Wildman–Crippen MR) is 123 cm³/mol. The van der Waals surface area contributed by atoms with Gasteiger partial charge in [-0.05, 0) is 61.4 Å². The number of ketones is 1. The molecule has 4 rings (SSSR count). The third kappa shape index (κ3) is 4.40. The lowest BCUT2D eigenvalue weighted by molar-refractivity contribution is 0.103. The number of ether oxygens (including phenoxy) is 1. The van der Waals surface area contributed by atoms with Gasteiger partial charge in [0.2, 0.25) is 11.7 Å². The van der Waals surface area contributed by atoms with Gasteiger partial charge in [-0.2, -0.15) is 0 Å². The fraction of sp³-hybridized carbons (Fsp3) is 0.269. The minimum atomic E-state index is -1.48. The number of pyridine rings is 1. The van der Waals surface area contributed by atoms with Crippen LogP contribution in [0.25, 0.3) is 11.0 Å². The maximum Gasteiger partial charge on any atom is 0.228 e. The summed E-state index contributed by atoms with van der Waals surface area (Å²) >= 11 is 0. The fourth-order valence-electron chi connectivity index (χ4n) is 3.98. The van der Waals surface area contributed by atoms with Crippen molar-refractivity contribution in [2.45, 2.75) is 45.2 Å². The van der Waals surface area contributed by atoms with Crippen LogP contribution in [0.5, 0.6) is 11.6 Å². The second kappa shape index (κ2) is 9.30. The minimum absolute atomic E-state index is 0.208. The van der Waals surface area contributed by atoms with Gasteiger partial charge < -0.3 is 9.72 Å². The lowest BCUT2D eigenvalue weighted by Gasteiger charge is -2.26. The van der Waals surface area contributed by atoms with E-state index in [9.17, 15) is 4.79 Å². The number of alkyl halides is 1. The van der Waals surface area contributed by atoms with E-state index in [-0.39, 0.29) is 17.5 Å². The van der Waals surface area contributed by atoms with Crippen LogP contribution < -0.4 is 4.74 Å². The zero-order chi connectivity index (χ0) is 22.6. The highest BCUT2D eigenvalue weighted by Gasteiger charge is 2.34. The molecule has 0 aliphatic rings. The molecule has 4 aromatic rings. The molecule has 1 N–H and O–H groups in total. The summed E-state index contributed by atoms with van der Waals surface area (Å²) < 4.78 is 21.7. The van der Waals surface area contributed by atoms with Crippen LogP contribution >= 0.6 is 0 Å². The molecule has 2 heterocycles. The van der Waals surface area contributed by atoms with Crippen molar-refractivity contribution in [3.8, 4) is 11.6 Å². The van der Waals surface area contributed by atoms with E-state index in [2.05, 4.69) is 15.0 Å². The molecule has 0 bridgehead atoms. The van der Waals surface area contributed by atoms with Gasteiger partial charge in [0, 0.05) is 11.8 Å². The molecular weight excluding hydrogens is 405 g/mol. The topological polar surface area (TPSA) is 67.9 Å². The number of halogens is 1. The van der Waals surface area contributed by atoms with E-state index in [4.69, 9.17) is 4.74 Å². The fourth-order valence-corrected chi connectivity index (χ4v) is 3.98. The normalized spacial score (nSPS) is 11.6. The number of rotatable bonds is 9. The van der Waals surface area contributed by atoms with Gasteiger partial charge in [-0.3, -0.25) is 4.79 Å². The van der Waals surface area contributed by atoms with Crippen molar-refractivity contribution in [3.63, 3.8) is 0 Å². The number of aromatic amines is 1. The quantitative estimate of drug-likeness (QED) is 0.298. The van der Waals surface area contributed by atoms with Gasteiger partial charge in [0.05, 0.1) is 16.6 Å². The van der Waals surface area contributed by atoms with Gasteiger partial charge in [-0.1, -0.05) is 38.8 Å². The van der Waals surface area contributed by atoms with Crippen LogP contribution in [0.1, 0.15) is 61.3 Å². The van der Waals surface area contributed by atoms with Crippen molar-refractivity contribution in [2.24, 2.45) is 0 Å². The monoisotopic (exact) mass is 431 g/mol. The Morgan fingerprint density at radius 2 is 1.72 bits per heavy atom. The van der Waals surface area contributed by atoms with E-state index >= 15 is 4.39 Å². The maximum atomic E-state index is 15.8. The van der Waals surface area contributed by atoms with Gasteiger partial charge in [-0.25, -0.2) is 14.4 Å². The SMILES string of the molecule is CCCC(F)(CCC)c1cccnc1Oc1ccc(C(=O)c2nc3ccccc3[nH]2)cc1. The lowest BCUT2D eigenvalue weighted by Crippen LogP contribution is -2.21. The van der Waals surface area contributed by atoms with Crippen molar-refractivity contribution in [1.82, 2.24) is 15.0 Å². The first-order valence-corrected chi connectivity index (χ1v) is 11.0. The van der Waals surface area contributed by atoms with Crippen molar-refractivity contribution < 1.29 is 13.9 Å². The average Bonchev–Trinajstić information content (AvgIpc) is 3.24. The number of aromatic nitrogens is 3. The standard InChI is InChI=1S/C26H26FN3O2/c1-3-15-26(27,16-4-2)20-8-7-17-28-25(20)32-19-13-11-18(12-14-19)23(31)24-29-21-9-5-6-10-22(21)30-24/h5-14,17H,3-4,15-16H2,1-2H3,(H,29,30). The van der Waals surface area contributed by atoms with E-state index in [0.717, 1.165) is 23.9 Å². The summed E-state index contributed by atoms with van der Waals surface area (Å²) in [5.74, 6) is 0.822. The van der Waals surface area contributed by atoms with Crippen LogP contribution in [0, 0.1) is 0 Å². The Labute approximate surface area is 186 Å². The van der Waals surface area contributed by atoms with Crippen LogP contribution in [0.15, 0.2) is 66.9 Å². The number of nitrogens with one attached hydrogen (secondary N) is 1. The highest BCUT2D eigenvalue weighted by Crippen LogP contribution is 2.41. The Hall–Kier alpha value is -3.54. The Morgan fingerprint density at radius 1 is 1.00 bits per heavy atom. The first kappa shape index (κ1) is 21.7. The number of fused-ring (bicyclic) bond motifs is 1. The summed E-state index contributed by atoms with van der Waals surface area (Å²) in [5, 5.41) is 0. The second-order valence-corrected chi connectivity index (χ2v) is 7.88. The van der Waals surface area contributed by atoms with E-state index in [1.54, 1.807) is 42.6 Å². The first-order valence-electron chi connectivity index (χ1n) is 11.0. The van der Waals surface area contributed by atoms with Crippen molar-refractivity contribution in [2.75, 3.05) is 0 Å². The average molecular weight is 432 g/mol. The number of hydrogen-bond acceptors (Lipinski definition) is 4. The molecule has 0 aliphatic carbocycles. The van der Waals surface area contributed by atoms with Gasteiger partial charge in [0.1, 0.15) is 11.4 Å². The van der Waals surface area contributed by atoms with Gasteiger partial charge in [0.15, 0.2) is 5.82 Å². The zero-order valence-electron chi connectivity index (χ0n) is 18.3. The van der Waals surface area contributed by atoms with Crippen molar-refractivity contribution in [1.29, 1.82) is 0 Å². The third-order valence-electron chi connectivity index (χ3n) is 5.48. The first-order chi connectivity index (χ1) is 15.5. The summed E-state index contributed by atoms with van der Waals surface area (Å²) in [5.41, 5.74) is 1.02. The molecular formula is C26H26FN3O2. The molecule has 2 aromatic carbocycles. The number of benzene rings is 2. The molecule has 0 fully saturated rings. The molecule has 164 valence electrons. The number of hydrogen-bond donors (Lipinski definition) is 1. The van der Waals surface area contributed by atoms with Crippen molar-refractivity contribution >= 4 is 16.8 Å². The second-order valence-electron chi connectivity index (χ2n) is 7.88. The smallest absolute Gasteiger partial charge is 0.228 e. The molecule has 0 aliphatic heterocycles. The molecule has 5 nitrogen and oxygen atoms in total. The van der Waals surface area contributed by atoms with Crippen LogP contribution in [0.4, 0.5) is 4.39 Å². The maximum absolute atomic E-state index is 15.8. The number of para-hydroxylation sites is 2. The van der Waals surface area contributed by atoms with Gasteiger partial charge in [-0.15, -0.1) is 0 Å². The van der Waals surface area contributed by atoms with Crippen molar-refractivity contribution in [3.05, 3.63) is 83.8 Å². The largest absolute Gasteiger partial charge is 0.439 e. The van der Waals surface area contributed by atoms with Gasteiger partial charge >= 0.3 is 0 Å². The zero-order valence-corrected chi connectivity index (χ0v) is 18.3. The Balaban J connectivity index is 1.56. The molecule has 0 saturated carbocycles. The number of imidazole rings is 1.